The minimum atomic E-state index is -5.07. The standard InChI is InChI=1S/C3H8O10P2.Na/c4-3(5)2(13-15(9,10)11)1-12-14(6,7)8;/h2H,1H2,(H,4,5)(H2,6,7,8)(H2,9,10,11);/t2-;/m1./s1. The number of phosphoric ester groups is 2. The Morgan fingerprint density at radius 3 is 1.81 bits per heavy atom. The molecule has 0 heterocycles. The number of hydrogen-bond donors (Lipinski definition) is 5. The van der Waals surface area contributed by atoms with Crippen molar-refractivity contribution in [2.75, 3.05) is 6.61 Å². The normalized spacial score (nSPS) is 14.0. The maximum Gasteiger partial charge on any atom is 0.470 e. The van der Waals surface area contributed by atoms with Gasteiger partial charge in [0, 0.05) is 29.6 Å². The summed E-state index contributed by atoms with van der Waals surface area (Å²) in [7, 11) is -9.99. The molecular formula is C3H8NaO10P2. The van der Waals surface area contributed by atoms with Crippen LogP contribution in [0.4, 0.5) is 0 Å². The Labute approximate surface area is 111 Å². The monoisotopic (exact) mass is 289 g/mol. The van der Waals surface area contributed by atoms with E-state index in [4.69, 9.17) is 24.7 Å². The van der Waals surface area contributed by atoms with Crippen molar-refractivity contribution in [3.8, 4) is 0 Å². The topological polar surface area (TPSA) is 171 Å². The van der Waals surface area contributed by atoms with E-state index in [2.05, 4.69) is 9.05 Å². The van der Waals surface area contributed by atoms with E-state index >= 15 is 0 Å². The third-order valence-electron chi connectivity index (χ3n) is 0.934. The molecule has 0 saturated carbocycles. The third-order valence-corrected chi connectivity index (χ3v) is 1.95. The van der Waals surface area contributed by atoms with Gasteiger partial charge >= 0.3 is 21.6 Å². The number of carboxylic acid groups (broad SMARTS) is 1. The number of phosphoric acid groups is 2. The molecule has 0 fully saturated rings. The average Bonchev–Trinajstić information content (AvgIpc) is 1.93. The van der Waals surface area contributed by atoms with Gasteiger partial charge in [-0.25, -0.2) is 13.9 Å². The molecule has 16 heavy (non-hydrogen) atoms. The molecular weight excluding hydrogens is 281 g/mol. The minimum Gasteiger partial charge on any atom is -0.479 e. The van der Waals surface area contributed by atoms with Crippen LogP contribution in [-0.2, 0) is 23.0 Å². The number of rotatable bonds is 6. The van der Waals surface area contributed by atoms with E-state index in [0.29, 0.717) is 0 Å². The predicted molar refractivity (Wildman–Crippen MR) is 48.3 cm³/mol. The van der Waals surface area contributed by atoms with Crippen LogP contribution in [0.3, 0.4) is 0 Å². The van der Waals surface area contributed by atoms with Crippen LogP contribution < -0.4 is 0 Å². The molecule has 0 unspecified atom stereocenters. The Morgan fingerprint density at radius 1 is 1.12 bits per heavy atom. The van der Waals surface area contributed by atoms with Crippen LogP contribution in [0.15, 0.2) is 0 Å². The number of hydrogen-bond acceptors (Lipinski definition) is 5. The second-order valence-electron chi connectivity index (χ2n) is 2.21. The van der Waals surface area contributed by atoms with Crippen LogP contribution in [-0.4, -0.2) is 72.9 Å². The Balaban J connectivity index is 0. The maximum atomic E-state index is 10.3. The van der Waals surface area contributed by atoms with Crippen LogP contribution >= 0.6 is 15.6 Å². The molecule has 0 aromatic carbocycles. The largest absolute Gasteiger partial charge is 0.479 e. The van der Waals surface area contributed by atoms with Gasteiger partial charge in [0.2, 0.25) is 0 Å². The smallest absolute Gasteiger partial charge is 0.470 e. The molecule has 1 radical (unpaired) electrons. The van der Waals surface area contributed by atoms with E-state index in [1.54, 1.807) is 0 Å². The Kier molecular flexibility index (Phi) is 8.56. The molecule has 0 bridgehead atoms. The van der Waals surface area contributed by atoms with Gasteiger partial charge in [0.25, 0.3) is 0 Å². The van der Waals surface area contributed by atoms with E-state index in [1.807, 2.05) is 0 Å². The summed E-state index contributed by atoms with van der Waals surface area (Å²) in [5.41, 5.74) is 0. The molecule has 0 spiro atoms. The summed E-state index contributed by atoms with van der Waals surface area (Å²) >= 11 is 0. The first kappa shape index (κ1) is 19.0. The van der Waals surface area contributed by atoms with Crippen molar-refractivity contribution in [2.45, 2.75) is 6.10 Å². The molecule has 0 aromatic heterocycles. The van der Waals surface area contributed by atoms with E-state index in [1.165, 1.54) is 0 Å². The van der Waals surface area contributed by atoms with Gasteiger partial charge in [-0.05, 0) is 0 Å². The fourth-order valence-electron chi connectivity index (χ4n) is 0.477. The van der Waals surface area contributed by atoms with E-state index in [-0.39, 0.29) is 29.6 Å². The van der Waals surface area contributed by atoms with Crippen molar-refractivity contribution in [1.29, 1.82) is 0 Å². The summed E-state index contributed by atoms with van der Waals surface area (Å²) in [5.74, 6) is -1.83. The maximum absolute atomic E-state index is 10.3. The zero-order chi connectivity index (χ0) is 12.3. The van der Waals surface area contributed by atoms with E-state index < -0.39 is 34.3 Å². The molecule has 1 atom stereocenters. The molecule has 0 aliphatic carbocycles. The summed E-state index contributed by atoms with van der Waals surface area (Å²) in [6.07, 6.45) is -2.17. The molecule has 10 nitrogen and oxygen atoms in total. The van der Waals surface area contributed by atoms with Gasteiger partial charge in [-0.2, -0.15) is 0 Å². The molecule has 0 amide bonds. The predicted octanol–water partition coefficient (Wildman–Crippen LogP) is -1.72. The van der Waals surface area contributed by atoms with E-state index in [0.717, 1.165) is 0 Å². The quantitative estimate of drug-likeness (QED) is 0.279. The van der Waals surface area contributed by atoms with Gasteiger partial charge in [0.15, 0.2) is 6.10 Å². The first-order chi connectivity index (χ1) is 6.51. The van der Waals surface area contributed by atoms with Crippen molar-refractivity contribution in [3.05, 3.63) is 0 Å². The summed E-state index contributed by atoms with van der Waals surface area (Å²) in [5, 5.41) is 8.33. The second-order valence-corrected chi connectivity index (χ2v) is 4.64. The number of carbonyl (C=O) groups is 1. The van der Waals surface area contributed by atoms with Gasteiger partial charge in [-0.1, -0.05) is 0 Å². The van der Waals surface area contributed by atoms with Crippen LogP contribution in [0.5, 0.6) is 0 Å². The van der Waals surface area contributed by atoms with Crippen molar-refractivity contribution in [3.63, 3.8) is 0 Å². The summed E-state index contributed by atoms with van der Waals surface area (Å²) < 4.78 is 27.8. The van der Waals surface area contributed by atoms with Gasteiger partial charge in [0.05, 0.1) is 6.61 Å². The van der Waals surface area contributed by atoms with Gasteiger partial charge in [-0.15, -0.1) is 0 Å². The third kappa shape index (κ3) is 11.2. The zero-order valence-electron chi connectivity index (χ0n) is 7.96. The Bertz CT molecular complexity index is 316. The van der Waals surface area contributed by atoms with Crippen LogP contribution in [0.2, 0.25) is 0 Å². The van der Waals surface area contributed by atoms with Gasteiger partial charge < -0.3 is 24.7 Å². The fraction of sp³-hybridized carbons (Fsp3) is 0.667. The van der Waals surface area contributed by atoms with Crippen molar-refractivity contribution in [1.82, 2.24) is 0 Å². The Morgan fingerprint density at radius 2 is 1.56 bits per heavy atom. The molecule has 0 aliphatic rings. The fourth-order valence-corrected chi connectivity index (χ4v) is 1.29. The van der Waals surface area contributed by atoms with Crippen molar-refractivity contribution < 1.29 is 47.7 Å². The first-order valence-electron chi connectivity index (χ1n) is 3.18. The Hall–Kier alpha value is 0.690. The van der Waals surface area contributed by atoms with Crippen LogP contribution in [0, 0.1) is 0 Å². The molecule has 0 aromatic rings. The van der Waals surface area contributed by atoms with Crippen molar-refractivity contribution in [2.24, 2.45) is 0 Å². The SMILES string of the molecule is O=C(O)[C@@H](COP(=O)(O)O)OP(=O)(O)O.[Na]. The summed E-state index contributed by atoms with van der Waals surface area (Å²) in [4.78, 5) is 43.2. The summed E-state index contributed by atoms with van der Waals surface area (Å²) in [6.45, 7) is -1.19. The number of carboxylic acids is 1. The second kappa shape index (κ2) is 7.20. The van der Waals surface area contributed by atoms with Crippen molar-refractivity contribution >= 4 is 51.2 Å². The van der Waals surface area contributed by atoms with E-state index in [9.17, 15) is 13.9 Å². The number of aliphatic carboxylic acids is 1. The first-order valence-corrected chi connectivity index (χ1v) is 6.24. The molecule has 13 heteroatoms. The molecule has 5 N–H and O–H groups in total. The zero-order valence-corrected chi connectivity index (χ0v) is 11.7. The molecule has 0 saturated heterocycles. The van der Waals surface area contributed by atoms with Crippen LogP contribution in [0.1, 0.15) is 0 Å². The summed E-state index contributed by atoms with van der Waals surface area (Å²) in [6, 6.07) is 0. The minimum absolute atomic E-state index is 0. The molecule has 91 valence electrons. The average molecular weight is 289 g/mol. The molecule has 0 rings (SSSR count). The van der Waals surface area contributed by atoms with Crippen LogP contribution in [0.25, 0.3) is 0 Å². The molecule has 0 aliphatic heterocycles. The van der Waals surface area contributed by atoms with Gasteiger partial charge in [0.1, 0.15) is 0 Å². The van der Waals surface area contributed by atoms with Gasteiger partial charge in [-0.3, -0.25) is 9.05 Å².